The van der Waals surface area contributed by atoms with E-state index < -0.39 is 4.92 Å². The van der Waals surface area contributed by atoms with Crippen molar-refractivity contribution in [3.63, 3.8) is 0 Å². The minimum Gasteiger partial charge on any atom is -0.490 e. The van der Waals surface area contributed by atoms with Crippen molar-refractivity contribution in [2.75, 3.05) is 13.2 Å². The molecule has 1 aliphatic heterocycles. The molecule has 0 aliphatic carbocycles. The van der Waals surface area contributed by atoms with Gasteiger partial charge in [-0.05, 0) is 36.3 Å². The van der Waals surface area contributed by atoms with E-state index in [1.807, 2.05) is 25.1 Å². The van der Waals surface area contributed by atoms with Crippen molar-refractivity contribution in [1.29, 1.82) is 0 Å². The normalized spacial score (nSPS) is 14.4. The monoisotopic (exact) mass is 368 g/mol. The quantitative estimate of drug-likeness (QED) is 0.494. The molecule has 0 saturated heterocycles. The summed E-state index contributed by atoms with van der Waals surface area (Å²) in [5.41, 5.74) is 1.47. The van der Waals surface area contributed by atoms with Gasteiger partial charge in [0.1, 0.15) is 0 Å². The molecule has 3 rings (SSSR count). The molecule has 2 aromatic carbocycles. The van der Waals surface area contributed by atoms with Crippen molar-refractivity contribution in [3.05, 3.63) is 69.8 Å². The van der Waals surface area contributed by atoms with Gasteiger partial charge in [-0.15, -0.1) is 0 Å². The number of nitrogens with one attached hydrogen (secondary N) is 1. The molecule has 140 valence electrons. The van der Waals surface area contributed by atoms with Crippen LogP contribution in [0.1, 0.15) is 30.5 Å². The maximum absolute atomic E-state index is 12.2. The predicted molar refractivity (Wildman–Crippen MR) is 101 cm³/mol. The first-order chi connectivity index (χ1) is 13.0. The number of carbonyl (C=O) groups is 1. The lowest BCUT2D eigenvalue weighted by Gasteiger charge is -2.15. The molecule has 0 radical (unpaired) electrons. The van der Waals surface area contributed by atoms with E-state index in [-0.39, 0.29) is 17.6 Å². The second-order valence-electron chi connectivity index (χ2n) is 6.17. The zero-order valence-electron chi connectivity index (χ0n) is 14.9. The summed E-state index contributed by atoms with van der Waals surface area (Å²) >= 11 is 0. The van der Waals surface area contributed by atoms with Crippen LogP contribution in [0.3, 0.4) is 0 Å². The van der Waals surface area contributed by atoms with E-state index in [0.717, 1.165) is 12.0 Å². The van der Waals surface area contributed by atoms with Gasteiger partial charge in [0.05, 0.1) is 24.2 Å². The number of non-ortho nitro benzene ring substituents is 1. The molecule has 2 aromatic rings. The molecule has 0 aromatic heterocycles. The Hall–Kier alpha value is -3.35. The lowest BCUT2D eigenvalue weighted by Crippen LogP contribution is -2.24. The summed E-state index contributed by atoms with van der Waals surface area (Å²) in [6.45, 7) is 3.10. The molecule has 0 saturated carbocycles. The Kier molecular flexibility index (Phi) is 5.71. The van der Waals surface area contributed by atoms with Gasteiger partial charge in [0, 0.05) is 24.6 Å². The molecule has 1 unspecified atom stereocenters. The van der Waals surface area contributed by atoms with Crippen molar-refractivity contribution in [3.8, 4) is 11.5 Å². The molecule has 0 spiro atoms. The standard InChI is InChI=1S/C20H20N2O5/c1-14(16-7-8-18-19(13-16)27-11-3-10-26-18)21-20(23)9-6-15-4-2-5-17(12-15)22(24)25/h2,4-9,12-14H,3,10-11H2,1H3,(H,21,23)/b9-6+. The number of amides is 1. The number of nitrogens with zero attached hydrogens (tertiary/aromatic N) is 1. The number of hydrogen-bond donors (Lipinski definition) is 1. The first-order valence-corrected chi connectivity index (χ1v) is 8.65. The first kappa shape index (κ1) is 18.4. The second kappa shape index (κ2) is 8.35. The fourth-order valence-electron chi connectivity index (χ4n) is 2.71. The Bertz CT molecular complexity index is 878. The van der Waals surface area contributed by atoms with Crippen LogP contribution in [0.15, 0.2) is 48.5 Å². The van der Waals surface area contributed by atoms with Gasteiger partial charge in [0.25, 0.3) is 5.69 Å². The third kappa shape index (κ3) is 4.84. The van der Waals surface area contributed by atoms with E-state index in [1.54, 1.807) is 18.2 Å². The van der Waals surface area contributed by atoms with Crippen LogP contribution in [0.2, 0.25) is 0 Å². The number of carbonyl (C=O) groups excluding carboxylic acids is 1. The second-order valence-corrected chi connectivity index (χ2v) is 6.17. The number of benzene rings is 2. The van der Waals surface area contributed by atoms with Gasteiger partial charge in [-0.1, -0.05) is 18.2 Å². The van der Waals surface area contributed by atoms with Crippen LogP contribution in [0.4, 0.5) is 5.69 Å². The van der Waals surface area contributed by atoms with Gasteiger partial charge < -0.3 is 14.8 Å². The predicted octanol–water partition coefficient (Wildman–Crippen LogP) is 3.65. The SMILES string of the molecule is CC(NC(=O)/C=C/c1cccc([N+](=O)[O-])c1)c1ccc2c(c1)OCCCO2. The molecule has 1 N–H and O–H groups in total. The fraction of sp³-hybridized carbons (Fsp3) is 0.250. The average molecular weight is 368 g/mol. The molecular formula is C20H20N2O5. The highest BCUT2D eigenvalue weighted by Gasteiger charge is 2.14. The van der Waals surface area contributed by atoms with Crippen molar-refractivity contribution >= 4 is 17.7 Å². The Morgan fingerprint density at radius 3 is 2.74 bits per heavy atom. The molecule has 0 bridgehead atoms. The average Bonchev–Trinajstić information content (AvgIpc) is 2.91. The molecule has 7 heteroatoms. The molecule has 1 amide bonds. The Labute approximate surface area is 156 Å². The largest absolute Gasteiger partial charge is 0.490 e. The maximum Gasteiger partial charge on any atom is 0.270 e. The molecular weight excluding hydrogens is 348 g/mol. The summed E-state index contributed by atoms with van der Waals surface area (Å²) < 4.78 is 11.3. The van der Waals surface area contributed by atoms with Gasteiger partial charge in [-0.25, -0.2) is 0 Å². The van der Waals surface area contributed by atoms with E-state index >= 15 is 0 Å². The molecule has 7 nitrogen and oxygen atoms in total. The van der Waals surface area contributed by atoms with E-state index in [0.29, 0.717) is 30.3 Å². The molecule has 27 heavy (non-hydrogen) atoms. The zero-order chi connectivity index (χ0) is 19.2. The third-order valence-corrected chi connectivity index (χ3v) is 4.14. The number of rotatable bonds is 5. The minimum absolute atomic E-state index is 0.0156. The summed E-state index contributed by atoms with van der Waals surface area (Å²) in [5, 5.41) is 13.7. The number of fused-ring (bicyclic) bond motifs is 1. The van der Waals surface area contributed by atoms with Crippen molar-refractivity contribution in [1.82, 2.24) is 5.32 Å². The fourth-order valence-corrected chi connectivity index (χ4v) is 2.71. The van der Waals surface area contributed by atoms with E-state index in [1.165, 1.54) is 18.2 Å². The maximum atomic E-state index is 12.2. The number of nitro benzene ring substituents is 1. The van der Waals surface area contributed by atoms with E-state index in [2.05, 4.69) is 5.32 Å². The number of nitro groups is 1. The van der Waals surface area contributed by atoms with Crippen molar-refractivity contribution in [2.45, 2.75) is 19.4 Å². The Morgan fingerprint density at radius 2 is 1.96 bits per heavy atom. The highest BCUT2D eigenvalue weighted by Crippen LogP contribution is 2.32. The van der Waals surface area contributed by atoms with Crippen LogP contribution in [-0.4, -0.2) is 24.0 Å². The van der Waals surface area contributed by atoms with Crippen molar-refractivity contribution in [2.24, 2.45) is 0 Å². The van der Waals surface area contributed by atoms with Gasteiger partial charge in [0.2, 0.25) is 5.91 Å². The van der Waals surface area contributed by atoms with Crippen LogP contribution < -0.4 is 14.8 Å². The van der Waals surface area contributed by atoms with E-state index in [4.69, 9.17) is 9.47 Å². The number of ether oxygens (including phenoxy) is 2. The molecule has 1 atom stereocenters. The summed E-state index contributed by atoms with van der Waals surface area (Å²) in [4.78, 5) is 22.5. The summed E-state index contributed by atoms with van der Waals surface area (Å²) in [6.07, 6.45) is 3.74. The highest BCUT2D eigenvalue weighted by molar-refractivity contribution is 5.92. The van der Waals surface area contributed by atoms with Gasteiger partial charge in [-0.2, -0.15) is 0 Å². The van der Waals surface area contributed by atoms with Gasteiger partial charge in [-0.3, -0.25) is 14.9 Å². The summed E-state index contributed by atoms with van der Waals surface area (Å²) in [6, 6.07) is 11.5. The summed E-state index contributed by atoms with van der Waals surface area (Å²) in [5.74, 6) is 1.10. The first-order valence-electron chi connectivity index (χ1n) is 8.65. The third-order valence-electron chi connectivity index (χ3n) is 4.14. The molecule has 0 fully saturated rings. The van der Waals surface area contributed by atoms with Crippen LogP contribution in [0.5, 0.6) is 11.5 Å². The van der Waals surface area contributed by atoms with Crippen LogP contribution in [0, 0.1) is 10.1 Å². The van der Waals surface area contributed by atoms with E-state index in [9.17, 15) is 14.9 Å². The topological polar surface area (TPSA) is 90.7 Å². The smallest absolute Gasteiger partial charge is 0.270 e. The van der Waals surface area contributed by atoms with Gasteiger partial charge in [0.15, 0.2) is 11.5 Å². The van der Waals surface area contributed by atoms with Crippen molar-refractivity contribution < 1.29 is 19.2 Å². The summed E-state index contributed by atoms with van der Waals surface area (Å²) in [7, 11) is 0. The van der Waals surface area contributed by atoms with Crippen LogP contribution in [0.25, 0.3) is 6.08 Å². The van der Waals surface area contributed by atoms with Crippen LogP contribution >= 0.6 is 0 Å². The Balaban J connectivity index is 1.64. The zero-order valence-corrected chi connectivity index (χ0v) is 14.9. The van der Waals surface area contributed by atoms with Gasteiger partial charge >= 0.3 is 0 Å². The minimum atomic E-state index is -0.469. The number of hydrogen-bond acceptors (Lipinski definition) is 5. The Morgan fingerprint density at radius 1 is 1.19 bits per heavy atom. The lowest BCUT2D eigenvalue weighted by atomic mass is 10.1. The molecule has 1 heterocycles. The lowest BCUT2D eigenvalue weighted by molar-refractivity contribution is -0.384. The highest BCUT2D eigenvalue weighted by atomic mass is 16.6. The molecule has 1 aliphatic rings. The van der Waals surface area contributed by atoms with Crippen LogP contribution in [-0.2, 0) is 4.79 Å².